The zero-order valence-corrected chi connectivity index (χ0v) is 15.0. The first-order chi connectivity index (χ1) is 12.6. The van der Waals surface area contributed by atoms with Gasteiger partial charge in [0.2, 0.25) is 5.91 Å². The third-order valence-electron chi connectivity index (χ3n) is 4.64. The van der Waals surface area contributed by atoms with Crippen LogP contribution in [0.2, 0.25) is 0 Å². The lowest BCUT2D eigenvalue weighted by molar-refractivity contribution is -0.130. The van der Waals surface area contributed by atoms with Gasteiger partial charge in [0, 0.05) is 39.6 Å². The molecular weight excluding hydrogens is 328 g/mol. The molecule has 0 radical (unpaired) electrons. The van der Waals surface area contributed by atoms with Gasteiger partial charge in [0.1, 0.15) is 11.7 Å². The highest BCUT2D eigenvalue weighted by atomic mass is 16.2. The molecule has 1 N–H and O–H groups in total. The lowest BCUT2D eigenvalue weighted by Gasteiger charge is -2.23. The summed E-state index contributed by atoms with van der Waals surface area (Å²) in [7, 11) is 3.55. The smallest absolute Gasteiger partial charge is 0.249 e. The lowest BCUT2D eigenvalue weighted by Crippen LogP contribution is -2.32. The second-order valence-electron chi connectivity index (χ2n) is 6.62. The molecule has 1 unspecified atom stereocenters. The minimum atomic E-state index is -0.472. The van der Waals surface area contributed by atoms with Crippen LogP contribution < -0.4 is 5.32 Å². The summed E-state index contributed by atoms with van der Waals surface area (Å²) in [6.07, 6.45) is 3.58. The van der Waals surface area contributed by atoms with Crippen LogP contribution in [-0.2, 0) is 17.9 Å². The van der Waals surface area contributed by atoms with E-state index in [1.165, 1.54) is 0 Å². The first kappa shape index (κ1) is 16.5. The predicted octanol–water partition coefficient (Wildman–Crippen LogP) is 1.53. The van der Waals surface area contributed by atoms with Crippen LogP contribution in [0.15, 0.2) is 48.8 Å². The fourth-order valence-electron chi connectivity index (χ4n) is 3.32. The molecule has 0 bridgehead atoms. The van der Waals surface area contributed by atoms with Gasteiger partial charge in [0.05, 0.1) is 12.2 Å². The van der Waals surface area contributed by atoms with E-state index in [1.807, 2.05) is 51.8 Å². The van der Waals surface area contributed by atoms with Crippen molar-refractivity contribution in [2.75, 3.05) is 20.6 Å². The van der Waals surface area contributed by atoms with Gasteiger partial charge >= 0.3 is 0 Å². The van der Waals surface area contributed by atoms with E-state index in [0.29, 0.717) is 5.82 Å². The second-order valence-corrected chi connectivity index (χ2v) is 6.62. The van der Waals surface area contributed by atoms with E-state index < -0.39 is 6.04 Å². The third kappa shape index (κ3) is 2.90. The standard InChI is InChI=1S/C19H22N6O/c1-23(2)19(26)17(14-6-4-3-5-7-14)24-10-9-21-18(24)16-12-15-13-20-8-11-25(15)22-16/h3-7,9-10,12,17,20H,8,11,13H2,1-2H3. The molecule has 1 atom stereocenters. The minimum Gasteiger partial charge on any atom is -0.347 e. The Morgan fingerprint density at radius 3 is 2.81 bits per heavy atom. The summed E-state index contributed by atoms with van der Waals surface area (Å²) in [5.74, 6) is 0.706. The molecular formula is C19H22N6O. The number of likely N-dealkylation sites (N-methyl/N-ethyl adjacent to an activating group) is 1. The zero-order valence-electron chi connectivity index (χ0n) is 15.0. The quantitative estimate of drug-likeness (QED) is 0.775. The van der Waals surface area contributed by atoms with E-state index in [2.05, 4.69) is 10.3 Å². The molecule has 7 nitrogen and oxygen atoms in total. The molecule has 1 aliphatic heterocycles. The van der Waals surface area contributed by atoms with Crippen LogP contribution in [0, 0.1) is 0 Å². The van der Waals surface area contributed by atoms with Crippen molar-refractivity contribution in [1.82, 2.24) is 29.5 Å². The minimum absolute atomic E-state index is 0.00101. The number of carbonyl (C=O) groups is 1. The van der Waals surface area contributed by atoms with Gasteiger partial charge in [-0.05, 0) is 11.6 Å². The van der Waals surface area contributed by atoms with Crippen molar-refractivity contribution >= 4 is 5.91 Å². The van der Waals surface area contributed by atoms with Crippen LogP contribution >= 0.6 is 0 Å². The highest BCUT2D eigenvalue weighted by Crippen LogP contribution is 2.27. The molecule has 1 aliphatic rings. The van der Waals surface area contributed by atoms with E-state index in [-0.39, 0.29) is 5.91 Å². The maximum atomic E-state index is 13.0. The normalized spacial score (nSPS) is 14.7. The maximum absolute atomic E-state index is 13.0. The molecule has 0 fully saturated rings. The molecule has 0 saturated heterocycles. The average molecular weight is 350 g/mol. The number of imidazole rings is 1. The summed E-state index contributed by atoms with van der Waals surface area (Å²) < 4.78 is 3.93. The summed E-state index contributed by atoms with van der Waals surface area (Å²) >= 11 is 0. The topological polar surface area (TPSA) is 68.0 Å². The van der Waals surface area contributed by atoms with E-state index in [0.717, 1.165) is 36.6 Å². The van der Waals surface area contributed by atoms with E-state index in [4.69, 9.17) is 5.10 Å². The zero-order chi connectivity index (χ0) is 18.1. The Labute approximate surface area is 152 Å². The highest BCUT2D eigenvalue weighted by molar-refractivity contribution is 5.84. The molecule has 26 heavy (non-hydrogen) atoms. The van der Waals surface area contributed by atoms with Gasteiger partial charge in [-0.3, -0.25) is 9.48 Å². The van der Waals surface area contributed by atoms with E-state index >= 15 is 0 Å². The van der Waals surface area contributed by atoms with Gasteiger partial charge in [-0.1, -0.05) is 30.3 Å². The SMILES string of the molecule is CN(C)C(=O)C(c1ccccc1)n1ccnc1-c1cc2n(n1)CCNC2. The van der Waals surface area contributed by atoms with Crippen LogP contribution in [0.4, 0.5) is 0 Å². The van der Waals surface area contributed by atoms with E-state index in [9.17, 15) is 4.79 Å². The number of benzene rings is 1. The number of amides is 1. The fraction of sp³-hybridized carbons (Fsp3) is 0.316. The van der Waals surface area contributed by atoms with Crippen LogP contribution in [0.25, 0.3) is 11.5 Å². The van der Waals surface area contributed by atoms with Gasteiger partial charge in [0.25, 0.3) is 0 Å². The van der Waals surface area contributed by atoms with E-state index in [1.54, 1.807) is 25.2 Å². The highest BCUT2D eigenvalue weighted by Gasteiger charge is 2.27. The van der Waals surface area contributed by atoms with Gasteiger partial charge < -0.3 is 14.8 Å². The van der Waals surface area contributed by atoms with Crippen molar-refractivity contribution in [3.05, 3.63) is 60.0 Å². The Bertz CT molecular complexity index is 888. The molecule has 0 aliphatic carbocycles. The Balaban J connectivity index is 1.80. The Kier molecular flexibility index (Phi) is 4.30. The molecule has 2 aromatic heterocycles. The van der Waals surface area contributed by atoms with Crippen molar-refractivity contribution in [3.8, 4) is 11.5 Å². The summed E-state index contributed by atoms with van der Waals surface area (Å²) in [5, 5.41) is 8.05. The predicted molar refractivity (Wildman–Crippen MR) is 98.4 cm³/mol. The average Bonchev–Trinajstić information content (AvgIpc) is 3.29. The van der Waals surface area contributed by atoms with Crippen LogP contribution in [0.3, 0.4) is 0 Å². The summed E-state index contributed by atoms with van der Waals surface area (Å²) in [4.78, 5) is 19.1. The summed E-state index contributed by atoms with van der Waals surface area (Å²) in [6, 6.07) is 11.4. The van der Waals surface area contributed by atoms with Gasteiger partial charge in [0.15, 0.2) is 5.82 Å². The van der Waals surface area contributed by atoms with Crippen molar-refractivity contribution in [3.63, 3.8) is 0 Å². The third-order valence-corrected chi connectivity index (χ3v) is 4.64. The largest absolute Gasteiger partial charge is 0.347 e. The molecule has 3 heterocycles. The second kappa shape index (κ2) is 6.76. The number of hydrogen-bond acceptors (Lipinski definition) is 4. The van der Waals surface area contributed by atoms with Crippen LogP contribution in [-0.4, -0.2) is 50.8 Å². The van der Waals surface area contributed by atoms with Crippen LogP contribution in [0.5, 0.6) is 0 Å². The molecule has 7 heteroatoms. The Hall–Kier alpha value is -2.93. The monoisotopic (exact) mass is 350 g/mol. The first-order valence-corrected chi connectivity index (χ1v) is 8.72. The Morgan fingerprint density at radius 1 is 1.27 bits per heavy atom. The molecule has 134 valence electrons. The fourth-order valence-corrected chi connectivity index (χ4v) is 3.32. The molecule has 0 saturated carbocycles. The number of aromatic nitrogens is 4. The molecule has 4 rings (SSSR count). The number of carbonyl (C=O) groups excluding carboxylic acids is 1. The molecule has 0 spiro atoms. The number of fused-ring (bicyclic) bond motifs is 1. The van der Waals surface area contributed by atoms with Gasteiger partial charge in [-0.15, -0.1) is 0 Å². The number of nitrogens with one attached hydrogen (secondary N) is 1. The molecule has 1 aromatic carbocycles. The van der Waals surface area contributed by atoms with Crippen molar-refractivity contribution in [2.24, 2.45) is 0 Å². The molecule has 1 amide bonds. The molecule has 3 aromatic rings. The van der Waals surface area contributed by atoms with Gasteiger partial charge in [-0.25, -0.2) is 4.98 Å². The first-order valence-electron chi connectivity index (χ1n) is 8.72. The van der Waals surface area contributed by atoms with Crippen molar-refractivity contribution in [1.29, 1.82) is 0 Å². The number of rotatable bonds is 4. The number of nitrogens with zero attached hydrogens (tertiary/aromatic N) is 5. The Morgan fingerprint density at radius 2 is 2.08 bits per heavy atom. The maximum Gasteiger partial charge on any atom is 0.249 e. The lowest BCUT2D eigenvalue weighted by atomic mass is 10.1. The van der Waals surface area contributed by atoms with Crippen molar-refractivity contribution in [2.45, 2.75) is 19.1 Å². The van der Waals surface area contributed by atoms with Crippen molar-refractivity contribution < 1.29 is 4.79 Å². The number of hydrogen-bond donors (Lipinski definition) is 1. The van der Waals surface area contributed by atoms with Gasteiger partial charge in [-0.2, -0.15) is 5.10 Å². The summed E-state index contributed by atoms with van der Waals surface area (Å²) in [5.41, 5.74) is 2.85. The summed E-state index contributed by atoms with van der Waals surface area (Å²) in [6.45, 7) is 2.55. The van der Waals surface area contributed by atoms with Crippen LogP contribution in [0.1, 0.15) is 17.3 Å².